The summed E-state index contributed by atoms with van der Waals surface area (Å²) in [6, 6.07) is 3.41. The molecule has 2 aromatic rings. The highest BCUT2D eigenvalue weighted by Crippen LogP contribution is 2.28. The van der Waals surface area contributed by atoms with Gasteiger partial charge in [-0.3, -0.25) is 4.79 Å². The van der Waals surface area contributed by atoms with Gasteiger partial charge in [-0.2, -0.15) is 9.65 Å². The lowest BCUT2D eigenvalue weighted by Crippen LogP contribution is -2.35. The molecule has 0 aliphatic carbocycles. The summed E-state index contributed by atoms with van der Waals surface area (Å²) in [6.07, 6.45) is 2.17. The van der Waals surface area contributed by atoms with E-state index in [2.05, 4.69) is 15.0 Å². The molecule has 0 radical (unpaired) electrons. The van der Waals surface area contributed by atoms with Crippen LogP contribution in [0.4, 0.5) is 10.1 Å². The molecule has 4 N–H and O–H groups in total. The molecule has 0 aromatic carbocycles. The van der Waals surface area contributed by atoms with Crippen LogP contribution < -0.4 is 10.0 Å². The number of amides is 1. The third-order valence-electron chi connectivity index (χ3n) is 4.23. The molecule has 1 aliphatic heterocycles. The number of fused-ring (bicyclic) bond motifs is 1. The van der Waals surface area contributed by atoms with Crippen LogP contribution in [0.2, 0.25) is 0 Å². The predicted octanol–water partition coefficient (Wildman–Crippen LogP) is 0.901. The zero-order chi connectivity index (χ0) is 19.8. The number of aromatic nitrogens is 2. The third kappa shape index (κ3) is 3.68. The first-order valence-electron chi connectivity index (χ1n) is 7.99. The Hall–Kier alpha value is -2.81. The van der Waals surface area contributed by atoms with E-state index in [1.54, 1.807) is 13.1 Å². The second kappa shape index (κ2) is 7.07. The number of nitrogens with one attached hydrogen (secondary N) is 3. The SMILES string of the molecule is Cn1cc2c(c1C(=O)Nc1cc(F)nc(C#N)c1)CCC(CO)NS2(=N)=O. The number of nitrogens with zero attached hydrogens (tertiary/aromatic N) is 3. The van der Waals surface area contributed by atoms with Gasteiger partial charge in [0.1, 0.15) is 27.4 Å². The van der Waals surface area contributed by atoms with Crippen molar-refractivity contribution in [3.05, 3.63) is 41.2 Å². The van der Waals surface area contributed by atoms with Crippen molar-refractivity contribution in [3.8, 4) is 6.07 Å². The zero-order valence-electron chi connectivity index (χ0n) is 14.3. The molecule has 0 bridgehead atoms. The van der Waals surface area contributed by atoms with E-state index in [4.69, 9.17) is 10.0 Å². The van der Waals surface area contributed by atoms with Crippen LogP contribution in [0.1, 0.15) is 28.2 Å². The summed E-state index contributed by atoms with van der Waals surface area (Å²) < 4.78 is 38.4. The van der Waals surface area contributed by atoms with Gasteiger partial charge >= 0.3 is 0 Å². The fourth-order valence-electron chi connectivity index (χ4n) is 3.06. The molecule has 9 nitrogen and oxygen atoms in total. The molecule has 1 aliphatic rings. The number of hydrogen-bond acceptors (Lipinski definition) is 6. The average Bonchev–Trinajstić information content (AvgIpc) is 2.89. The number of nitriles is 1. The van der Waals surface area contributed by atoms with Crippen LogP contribution in [0.3, 0.4) is 0 Å². The van der Waals surface area contributed by atoms with Crippen molar-refractivity contribution in [2.45, 2.75) is 23.8 Å². The van der Waals surface area contributed by atoms with E-state index in [-0.39, 0.29) is 28.6 Å². The second-order valence-corrected chi connectivity index (χ2v) is 7.94. The van der Waals surface area contributed by atoms with Crippen LogP contribution >= 0.6 is 0 Å². The van der Waals surface area contributed by atoms with Gasteiger partial charge < -0.3 is 15.0 Å². The zero-order valence-corrected chi connectivity index (χ0v) is 15.1. The Bertz CT molecular complexity index is 1060. The van der Waals surface area contributed by atoms with Crippen molar-refractivity contribution in [3.63, 3.8) is 0 Å². The summed E-state index contributed by atoms with van der Waals surface area (Å²) in [6.45, 7) is -0.277. The van der Waals surface area contributed by atoms with Crippen LogP contribution in [0.25, 0.3) is 0 Å². The largest absolute Gasteiger partial charge is 0.395 e. The number of carbonyl (C=O) groups is 1. The van der Waals surface area contributed by atoms with Gasteiger partial charge in [-0.15, -0.1) is 0 Å². The molecule has 11 heteroatoms. The van der Waals surface area contributed by atoms with E-state index in [1.807, 2.05) is 0 Å². The van der Waals surface area contributed by atoms with Crippen molar-refractivity contribution in [1.29, 1.82) is 10.0 Å². The molecule has 0 fully saturated rings. The van der Waals surface area contributed by atoms with E-state index in [0.29, 0.717) is 18.4 Å². The monoisotopic (exact) mass is 392 g/mol. The lowest BCUT2D eigenvalue weighted by atomic mass is 10.1. The average molecular weight is 392 g/mol. The Labute approximate surface area is 154 Å². The molecule has 3 heterocycles. The number of carbonyl (C=O) groups excluding carboxylic acids is 1. The van der Waals surface area contributed by atoms with Crippen LogP contribution in [-0.4, -0.2) is 37.4 Å². The van der Waals surface area contributed by atoms with Gasteiger partial charge in [-0.25, -0.2) is 18.7 Å². The topological polar surface area (TPSA) is 144 Å². The minimum Gasteiger partial charge on any atom is -0.395 e. The second-order valence-electron chi connectivity index (χ2n) is 6.15. The normalized spacial score (nSPS) is 21.8. The molecular formula is C16H17FN6O3S. The molecule has 2 unspecified atom stereocenters. The van der Waals surface area contributed by atoms with Crippen LogP contribution in [0, 0.1) is 22.1 Å². The number of rotatable bonds is 3. The van der Waals surface area contributed by atoms with Gasteiger partial charge in [0.2, 0.25) is 5.95 Å². The highest BCUT2D eigenvalue weighted by atomic mass is 32.2. The Morgan fingerprint density at radius 2 is 2.37 bits per heavy atom. The molecule has 0 saturated heterocycles. The van der Waals surface area contributed by atoms with Gasteiger partial charge in [0.05, 0.1) is 11.5 Å². The highest BCUT2D eigenvalue weighted by Gasteiger charge is 2.30. The standard InChI is InChI=1S/C16H17FN6O3S/c1-23-7-13-12(3-2-9(8-24)22-27(13,19)26)15(23)16(25)21-10-4-11(6-18)20-14(17)5-10/h4-5,7,9,24H,2-3,8H2,1H3,(H2,19,22,26)(H,20,21,25). The van der Waals surface area contributed by atoms with Gasteiger partial charge in [-0.05, 0) is 18.9 Å². The predicted molar refractivity (Wildman–Crippen MR) is 93.7 cm³/mol. The summed E-state index contributed by atoms with van der Waals surface area (Å²) >= 11 is 0. The Morgan fingerprint density at radius 1 is 1.63 bits per heavy atom. The van der Waals surface area contributed by atoms with Crippen LogP contribution in [0.15, 0.2) is 23.2 Å². The van der Waals surface area contributed by atoms with Gasteiger partial charge in [0.15, 0.2) is 0 Å². The van der Waals surface area contributed by atoms with Crippen molar-refractivity contribution < 1.29 is 18.5 Å². The molecule has 0 saturated carbocycles. The van der Waals surface area contributed by atoms with Crippen LogP contribution in [-0.2, 0) is 23.4 Å². The maximum Gasteiger partial charge on any atom is 0.272 e. The van der Waals surface area contributed by atoms with E-state index < -0.39 is 27.8 Å². The summed E-state index contributed by atoms with van der Waals surface area (Å²) in [5.74, 6) is -1.50. The van der Waals surface area contributed by atoms with Crippen molar-refractivity contribution in [2.24, 2.45) is 7.05 Å². The number of anilines is 1. The molecule has 2 aromatic heterocycles. The maximum atomic E-state index is 13.5. The molecule has 2 atom stereocenters. The fraction of sp³-hybridized carbons (Fsp3) is 0.312. The Morgan fingerprint density at radius 3 is 3.04 bits per heavy atom. The molecule has 27 heavy (non-hydrogen) atoms. The van der Waals surface area contributed by atoms with Crippen molar-refractivity contribution in [1.82, 2.24) is 14.3 Å². The minimum absolute atomic E-state index is 0.0607. The van der Waals surface area contributed by atoms with E-state index in [0.717, 1.165) is 6.07 Å². The fourth-order valence-corrected chi connectivity index (χ4v) is 4.70. The summed E-state index contributed by atoms with van der Waals surface area (Å²) in [7, 11) is -1.81. The van der Waals surface area contributed by atoms with Gasteiger partial charge in [0.25, 0.3) is 5.91 Å². The smallest absolute Gasteiger partial charge is 0.272 e. The van der Waals surface area contributed by atoms with E-state index in [9.17, 15) is 18.5 Å². The van der Waals surface area contributed by atoms with E-state index in [1.165, 1.54) is 16.8 Å². The Kier molecular flexibility index (Phi) is 4.97. The summed E-state index contributed by atoms with van der Waals surface area (Å²) in [5, 5.41) is 20.7. The first-order chi connectivity index (χ1) is 12.7. The first kappa shape index (κ1) is 19.0. The maximum absolute atomic E-state index is 13.5. The lowest BCUT2D eigenvalue weighted by molar-refractivity contribution is 0.101. The van der Waals surface area contributed by atoms with Crippen molar-refractivity contribution >= 4 is 21.5 Å². The quantitative estimate of drug-likeness (QED) is 0.574. The van der Waals surface area contributed by atoms with Crippen molar-refractivity contribution in [2.75, 3.05) is 11.9 Å². The van der Waals surface area contributed by atoms with Gasteiger partial charge in [-0.1, -0.05) is 0 Å². The van der Waals surface area contributed by atoms with Gasteiger partial charge in [0, 0.05) is 36.6 Å². The number of hydrogen-bond donors (Lipinski definition) is 4. The number of pyridine rings is 1. The number of aliphatic hydroxyl groups excluding tert-OH is 1. The summed E-state index contributed by atoms with van der Waals surface area (Å²) in [4.78, 5) is 16.3. The van der Waals surface area contributed by atoms with Crippen LogP contribution in [0.5, 0.6) is 0 Å². The number of aliphatic hydroxyl groups is 1. The molecule has 142 valence electrons. The van der Waals surface area contributed by atoms with E-state index >= 15 is 0 Å². The molecule has 1 amide bonds. The Balaban J connectivity index is 1.99. The third-order valence-corrected chi connectivity index (χ3v) is 5.87. The molecule has 3 rings (SSSR count). The lowest BCUT2D eigenvalue weighted by Gasteiger charge is -2.13. The number of aryl methyl sites for hydroxylation is 1. The first-order valence-corrected chi connectivity index (χ1v) is 9.55. The highest BCUT2D eigenvalue weighted by molar-refractivity contribution is 7.90. The summed E-state index contributed by atoms with van der Waals surface area (Å²) in [5.41, 5.74) is 0.500. The minimum atomic E-state index is -3.39. The number of halogens is 1. The molecular weight excluding hydrogens is 375 g/mol. The molecule has 0 spiro atoms.